The number of rotatable bonds is 3. The van der Waals surface area contributed by atoms with E-state index >= 15 is 0 Å². The molecule has 1 fully saturated rings. The van der Waals surface area contributed by atoms with Crippen molar-refractivity contribution in [1.82, 2.24) is 24.6 Å². The van der Waals surface area contributed by atoms with Gasteiger partial charge in [-0.2, -0.15) is 0 Å². The number of hydrogen-bond donors (Lipinski definition) is 0. The van der Waals surface area contributed by atoms with Crippen LogP contribution < -0.4 is 0 Å². The van der Waals surface area contributed by atoms with Crippen LogP contribution in [0.4, 0.5) is 4.39 Å². The van der Waals surface area contributed by atoms with Crippen molar-refractivity contribution in [2.75, 3.05) is 13.1 Å². The van der Waals surface area contributed by atoms with E-state index in [4.69, 9.17) is 0 Å². The van der Waals surface area contributed by atoms with E-state index in [0.717, 1.165) is 55.3 Å². The summed E-state index contributed by atoms with van der Waals surface area (Å²) in [5, 5.41) is 8.90. The van der Waals surface area contributed by atoms with Crippen molar-refractivity contribution in [3.63, 3.8) is 0 Å². The molecule has 0 amide bonds. The molecule has 0 saturated carbocycles. The third kappa shape index (κ3) is 2.70. The van der Waals surface area contributed by atoms with Gasteiger partial charge in [0.05, 0.1) is 6.04 Å². The zero-order valence-electron chi connectivity index (χ0n) is 14.4. The molecular formula is C20H20FN5. The molecule has 6 heteroatoms. The van der Waals surface area contributed by atoms with Gasteiger partial charge in [0.15, 0.2) is 5.82 Å². The van der Waals surface area contributed by atoms with Crippen LogP contribution in [-0.2, 0) is 13.0 Å². The molecule has 0 spiro atoms. The number of nitrogens with zero attached hydrogens (tertiary/aromatic N) is 5. The van der Waals surface area contributed by atoms with E-state index in [2.05, 4.69) is 24.6 Å². The van der Waals surface area contributed by atoms with Gasteiger partial charge in [-0.3, -0.25) is 9.88 Å². The van der Waals surface area contributed by atoms with E-state index in [1.807, 2.05) is 30.5 Å². The van der Waals surface area contributed by atoms with E-state index in [1.54, 1.807) is 6.20 Å². The molecule has 2 aliphatic heterocycles. The Morgan fingerprint density at radius 3 is 2.77 bits per heavy atom. The molecule has 132 valence electrons. The summed E-state index contributed by atoms with van der Waals surface area (Å²) in [6.45, 7) is 2.89. The monoisotopic (exact) mass is 349 g/mol. The molecule has 2 aromatic heterocycles. The van der Waals surface area contributed by atoms with Gasteiger partial charge in [0.25, 0.3) is 0 Å². The van der Waals surface area contributed by atoms with Crippen molar-refractivity contribution in [3.8, 4) is 11.4 Å². The van der Waals surface area contributed by atoms with Crippen molar-refractivity contribution < 1.29 is 4.39 Å². The van der Waals surface area contributed by atoms with Crippen molar-refractivity contribution in [2.45, 2.75) is 25.4 Å². The molecule has 2 atom stereocenters. The Balaban J connectivity index is 1.42. The summed E-state index contributed by atoms with van der Waals surface area (Å²) in [5.41, 5.74) is 2.17. The summed E-state index contributed by atoms with van der Waals surface area (Å²) in [7, 11) is 0. The van der Waals surface area contributed by atoms with Gasteiger partial charge in [-0.05, 0) is 42.2 Å². The molecule has 0 aliphatic carbocycles. The molecule has 0 bridgehead atoms. The maximum absolute atomic E-state index is 13.1. The zero-order valence-corrected chi connectivity index (χ0v) is 14.4. The van der Waals surface area contributed by atoms with Gasteiger partial charge in [0, 0.05) is 44.0 Å². The molecule has 3 aromatic rings. The number of likely N-dealkylation sites (tertiary alicyclic amines) is 1. The Bertz CT molecular complexity index is 906. The first-order valence-electron chi connectivity index (χ1n) is 9.09. The number of fused-ring (bicyclic) bond motifs is 3. The summed E-state index contributed by atoms with van der Waals surface area (Å²) in [6.07, 6.45) is 5.75. The average molecular weight is 349 g/mol. The van der Waals surface area contributed by atoms with Crippen LogP contribution >= 0.6 is 0 Å². The van der Waals surface area contributed by atoms with Gasteiger partial charge in [0.1, 0.15) is 11.6 Å². The molecule has 5 nitrogen and oxygen atoms in total. The minimum atomic E-state index is -0.181. The minimum absolute atomic E-state index is 0.181. The predicted molar refractivity (Wildman–Crippen MR) is 95.8 cm³/mol. The highest BCUT2D eigenvalue weighted by Gasteiger charge is 2.39. The smallest absolute Gasteiger partial charge is 0.165 e. The highest BCUT2D eigenvalue weighted by molar-refractivity contribution is 5.54. The Labute approximate surface area is 151 Å². The maximum atomic E-state index is 13.1. The Morgan fingerprint density at radius 2 is 1.96 bits per heavy atom. The van der Waals surface area contributed by atoms with E-state index < -0.39 is 0 Å². The lowest BCUT2D eigenvalue weighted by atomic mass is 9.93. The lowest BCUT2D eigenvalue weighted by molar-refractivity contribution is 0.313. The van der Waals surface area contributed by atoms with Gasteiger partial charge in [-0.25, -0.2) is 4.39 Å². The molecule has 4 heterocycles. The van der Waals surface area contributed by atoms with Gasteiger partial charge in [-0.1, -0.05) is 12.1 Å². The molecule has 5 rings (SSSR count). The number of hydrogen-bond acceptors (Lipinski definition) is 4. The molecule has 1 saturated heterocycles. The van der Waals surface area contributed by atoms with Gasteiger partial charge >= 0.3 is 0 Å². The van der Waals surface area contributed by atoms with Crippen LogP contribution in [0, 0.1) is 11.7 Å². The van der Waals surface area contributed by atoms with Gasteiger partial charge in [0.2, 0.25) is 0 Å². The van der Waals surface area contributed by atoms with Crippen LogP contribution in [0.3, 0.4) is 0 Å². The molecule has 0 unspecified atom stereocenters. The standard InChI is InChI=1S/C20H20FN5/c21-17-6-3-14(4-7-17)11-25-12-16-5-8-19-23-24-20(26(19)18(16)13-25)15-2-1-9-22-10-15/h1-4,6-7,9-10,16,18H,5,8,11-13H2/t16-,18+/m1/s1. The van der Waals surface area contributed by atoms with Crippen LogP contribution in [0.25, 0.3) is 11.4 Å². The van der Waals surface area contributed by atoms with Gasteiger partial charge in [-0.15, -0.1) is 10.2 Å². The molecule has 1 aromatic carbocycles. The first-order valence-corrected chi connectivity index (χ1v) is 9.09. The fraction of sp³-hybridized carbons (Fsp3) is 0.350. The molecule has 0 N–H and O–H groups in total. The van der Waals surface area contributed by atoms with Crippen molar-refractivity contribution in [3.05, 3.63) is 66.0 Å². The van der Waals surface area contributed by atoms with Crippen LogP contribution in [0.2, 0.25) is 0 Å². The molecule has 0 radical (unpaired) electrons. The second kappa shape index (κ2) is 6.29. The van der Waals surface area contributed by atoms with Crippen LogP contribution in [-0.4, -0.2) is 37.7 Å². The van der Waals surface area contributed by atoms with Crippen LogP contribution in [0.15, 0.2) is 48.8 Å². The summed E-state index contributed by atoms with van der Waals surface area (Å²) < 4.78 is 15.5. The second-order valence-corrected chi connectivity index (χ2v) is 7.24. The van der Waals surface area contributed by atoms with E-state index in [9.17, 15) is 4.39 Å². The third-order valence-electron chi connectivity index (χ3n) is 5.56. The van der Waals surface area contributed by atoms with E-state index in [0.29, 0.717) is 12.0 Å². The Kier molecular flexibility index (Phi) is 3.78. The second-order valence-electron chi connectivity index (χ2n) is 7.24. The van der Waals surface area contributed by atoms with Crippen molar-refractivity contribution in [1.29, 1.82) is 0 Å². The van der Waals surface area contributed by atoms with Gasteiger partial charge < -0.3 is 4.57 Å². The Hall–Kier alpha value is -2.60. The fourth-order valence-corrected chi connectivity index (χ4v) is 4.34. The topological polar surface area (TPSA) is 46.8 Å². The highest BCUT2D eigenvalue weighted by atomic mass is 19.1. The van der Waals surface area contributed by atoms with E-state index in [-0.39, 0.29) is 5.82 Å². The zero-order chi connectivity index (χ0) is 17.5. The largest absolute Gasteiger partial charge is 0.306 e. The first kappa shape index (κ1) is 15.6. The summed E-state index contributed by atoms with van der Waals surface area (Å²) in [6, 6.07) is 11.2. The SMILES string of the molecule is Fc1ccc(CN2C[C@H]3CCc4nnc(-c5cccnc5)n4[C@H]3C2)cc1. The highest BCUT2D eigenvalue weighted by Crippen LogP contribution is 2.39. The number of halogens is 1. The number of benzene rings is 1. The van der Waals surface area contributed by atoms with Crippen molar-refractivity contribution >= 4 is 0 Å². The predicted octanol–water partition coefficient (Wildman–Crippen LogP) is 3.10. The molecule has 2 aliphatic rings. The Morgan fingerprint density at radius 1 is 1.08 bits per heavy atom. The average Bonchev–Trinajstić information content (AvgIpc) is 3.27. The quantitative estimate of drug-likeness (QED) is 0.729. The number of aryl methyl sites for hydroxylation is 1. The summed E-state index contributed by atoms with van der Waals surface area (Å²) in [5.74, 6) is 2.42. The van der Waals surface area contributed by atoms with Crippen molar-refractivity contribution in [2.24, 2.45) is 5.92 Å². The fourth-order valence-electron chi connectivity index (χ4n) is 4.34. The van der Waals surface area contributed by atoms with Crippen LogP contribution in [0.1, 0.15) is 23.9 Å². The van der Waals surface area contributed by atoms with Crippen LogP contribution in [0.5, 0.6) is 0 Å². The lowest BCUT2D eigenvalue weighted by Crippen LogP contribution is -2.26. The lowest BCUT2D eigenvalue weighted by Gasteiger charge is -2.27. The molecule has 26 heavy (non-hydrogen) atoms. The number of aromatic nitrogens is 4. The maximum Gasteiger partial charge on any atom is 0.165 e. The first-order chi connectivity index (χ1) is 12.8. The summed E-state index contributed by atoms with van der Waals surface area (Å²) >= 11 is 0. The molecular weight excluding hydrogens is 329 g/mol. The third-order valence-corrected chi connectivity index (χ3v) is 5.56. The number of pyridine rings is 1. The summed E-state index contributed by atoms with van der Waals surface area (Å²) in [4.78, 5) is 6.69. The minimum Gasteiger partial charge on any atom is -0.306 e. The van der Waals surface area contributed by atoms with E-state index in [1.165, 1.54) is 12.1 Å². The normalized spacial score (nSPS) is 22.2.